The van der Waals surface area contributed by atoms with Crippen molar-refractivity contribution in [2.24, 2.45) is 0 Å². The van der Waals surface area contributed by atoms with Crippen molar-refractivity contribution in [3.8, 4) is 5.82 Å². The van der Waals surface area contributed by atoms with E-state index in [9.17, 15) is 9.59 Å². The molecule has 28 heavy (non-hydrogen) atoms. The highest BCUT2D eigenvalue weighted by Gasteiger charge is 2.22. The van der Waals surface area contributed by atoms with Crippen LogP contribution in [0.25, 0.3) is 16.7 Å². The van der Waals surface area contributed by atoms with Crippen molar-refractivity contribution in [3.05, 3.63) is 46.6 Å². The number of aromatic nitrogens is 3. The van der Waals surface area contributed by atoms with Crippen LogP contribution in [-0.2, 0) is 9.53 Å². The molecule has 0 radical (unpaired) electrons. The lowest BCUT2D eigenvalue weighted by Crippen LogP contribution is -2.19. The van der Waals surface area contributed by atoms with Crippen molar-refractivity contribution in [1.82, 2.24) is 14.8 Å². The molecule has 7 nitrogen and oxygen atoms in total. The third kappa shape index (κ3) is 3.71. The van der Waals surface area contributed by atoms with Crippen molar-refractivity contribution >= 4 is 40.2 Å². The van der Waals surface area contributed by atoms with Crippen molar-refractivity contribution in [3.63, 3.8) is 0 Å². The maximum Gasteiger partial charge on any atom is 0.343 e. The van der Waals surface area contributed by atoms with Gasteiger partial charge >= 0.3 is 5.97 Å². The number of carbonyl (C=O) groups is 2. The number of halogens is 1. The predicted octanol–water partition coefficient (Wildman–Crippen LogP) is 3.70. The molecule has 3 rings (SSSR count). The summed E-state index contributed by atoms with van der Waals surface area (Å²) in [6.45, 7) is 7.93. The van der Waals surface area contributed by atoms with Gasteiger partial charge in [-0.3, -0.25) is 4.79 Å². The molecule has 0 atom stereocenters. The Morgan fingerprint density at radius 2 is 1.93 bits per heavy atom. The summed E-state index contributed by atoms with van der Waals surface area (Å²) in [4.78, 5) is 28.9. The number of benzene rings is 1. The Kier molecular flexibility index (Phi) is 5.65. The number of pyridine rings is 1. The van der Waals surface area contributed by atoms with Crippen LogP contribution in [0, 0.1) is 20.8 Å². The summed E-state index contributed by atoms with van der Waals surface area (Å²) in [5.41, 5.74) is 4.17. The molecule has 0 bridgehead atoms. The van der Waals surface area contributed by atoms with Crippen LogP contribution in [0.1, 0.15) is 34.0 Å². The quantitative estimate of drug-likeness (QED) is 0.521. The van der Waals surface area contributed by atoms with Gasteiger partial charge in [0.15, 0.2) is 11.6 Å². The molecule has 0 aliphatic rings. The Labute approximate surface area is 167 Å². The number of alkyl halides is 1. The van der Waals surface area contributed by atoms with Gasteiger partial charge < -0.3 is 10.1 Å². The highest BCUT2D eigenvalue weighted by molar-refractivity contribution is 6.29. The molecule has 8 heteroatoms. The van der Waals surface area contributed by atoms with E-state index in [-0.39, 0.29) is 23.9 Å². The molecule has 1 aromatic carbocycles. The Morgan fingerprint density at radius 3 is 2.61 bits per heavy atom. The van der Waals surface area contributed by atoms with Gasteiger partial charge in [0, 0.05) is 5.39 Å². The van der Waals surface area contributed by atoms with E-state index in [1.807, 2.05) is 26.8 Å². The van der Waals surface area contributed by atoms with Crippen molar-refractivity contribution in [2.75, 3.05) is 17.8 Å². The summed E-state index contributed by atoms with van der Waals surface area (Å²) in [7, 11) is 0. The van der Waals surface area contributed by atoms with Crippen molar-refractivity contribution in [2.45, 2.75) is 27.7 Å². The minimum Gasteiger partial charge on any atom is -0.462 e. The number of hydrogen-bond donors (Lipinski definition) is 1. The van der Waals surface area contributed by atoms with Crippen LogP contribution in [0.15, 0.2) is 24.4 Å². The molecule has 0 unspecified atom stereocenters. The Bertz CT molecular complexity index is 1070. The Hall–Kier alpha value is -2.93. The fourth-order valence-corrected chi connectivity index (χ4v) is 3.17. The number of rotatable bonds is 5. The van der Waals surface area contributed by atoms with Crippen LogP contribution < -0.4 is 5.32 Å². The predicted molar refractivity (Wildman–Crippen MR) is 108 cm³/mol. The minimum absolute atomic E-state index is 0.139. The molecule has 0 saturated carbocycles. The highest BCUT2D eigenvalue weighted by Crippen LogP contribution is 2.27. The zero-order valence-electron chi connectivity index (χ0n) is 16.2. The normalized spacial score (nSPS) is 10.9. The first kappa shape index (κ1) is 19.8. The first-order valence-electron chi connectivity index (χ1n) is 8.85. The number of amides is 1. The average Bonchev–Trinajstić information content (AvgIpc) is 3.06. The maximum atomic E-state index is 12.3. The van der Waals surface area contributed by atoms with Crippen LogP contribution >= 0.6 is 11.6 Å². The molecule has 1 amide bonds. The molecule has 0 spiro atoms. The van der Waals surface area contributed by atoms with E-state index in [4.69, 9.17) is 21.3 Å². The number of ether oxygens (including phenoxy) is 1. The maximum absolute atomic E-state index is 12.3. The molecule has 0 aliphatic carbocycles. The summed E-state index contributed by atoms with van der Waals surface area (Å²) in [5.74, 6) is -0.630. The zero-order chi connectivity index (χ0) is 20.4. The summed E-state index contributed by atoms with van der Waals surface area (Å²) >= 11 is 5.63. The highest BCUT2D eigenvalue weighted by atomic mass is 35.5. The second-order valence-corrected chi connectivity index (χ2v) is 6.76. The molecule has 3 aromatic rings. The van der Waals surface area contributed by atoms with Gasteiger partial charge in [-0.2, -0.15) is 9.78 Å². The smallest absolute Gasteiger partial charge is 0.343 e. The van der Waals surface area contributed by atoms with Gasteiger partial charge in [0.1, 0.15) is 11.4 Å². The number of nitrogens with one attached hydrogen (secondary N) is 1. The lowest BCUT2D eigenvalue weighted by atomic mass is 10.0. The molecule has 2 aromatic heterocycles. The number of nitrogens with zero attached hydrogens (tertiary/aromatic N) is 3. The lowest BCUT2D eigenvalue weighted by Gasteiger charge is -2.13. The fraction of sp³-hybridized carbons (Fsp3) is 0.300. The summed E-state index contributed by atoms with van der Waals surface area (Å²) < 4.78 is 6.48. The summed E-state index contributed by atoms with van der Waals surface area (Å²) in [5, 5.41) is 7.94. The number of carbonyl (C=O) groups excluding carboxylic acids is 2. The van der Waals surface area contributed by atoms with E-state index in [1.165, 1.54) is 10.9 Å². The standard InChI is InChI=1S/C20H21ClN4O3/c1-5-28-20(27)15-10-22-25(19(15)24-17(26)9-21)16-8-12(3)14-7-11(2)6-13(4)18(14)23-16/h6-8,10H,5,9H2,1-4H3,(H,24,26). The number of hydrogen-bond acceptors (Lipinski definition) is 5. The monoisotopic (exact) mass is 400 g/mol. The number of esters is 1. The van der Waals surface area contributed by atoms with Gasteiger partial charge in [0.2, 0.25) is 5.91 Å². The lowest BCUT2D eigenvalue weighted by molar-refractivity contribution is -0.114. The van der Waals surface area contributed by atoms with Crippen LogP contribution in [-0.4, -0.2) is 39.1 Å². The molecule has 146 valence electrons. The number of anilines is 1. The van der Waals surface area contributed by atoms with Gasteiger partial charge in [-0.1, -0.05) is 11.6 Å². The van der Waals surface area contributed by atoms with Gasteiger partial charge in [-0.15, -0.1) is 11.6 Å². The van der Waals surface area contributed by atoms with Gasteiger partial charge in [0.25, 0.3) is 0 Å². The largest absolute Gasteiger partial charge is 0.462 e. The van der Waals surface area contributed by atoms with Crippen LogP contribution in [0.3, 0.4) is 0 Å². The van der Waals surface area contributed by atoms with E-state index < -0.39 is 11.9 Å². The van der Waals surface area contributed by atoms with Crippen LogP contribution in [0.4, 0.5) is 5.82 Å². The number of fused-ring (bicyclic) bond motifs is 1. The first-order chi connectivity index (χ1) is 13.3. The van der Waals surface area contributed by atoms with E-state index >= 15 is 0 Å². The van der Waals surface area contributed by atoms with Gasteiger partial charge in [-0.25, -0.2) is 9.78 Å². The van der Waals surface area contributed by atoms with E-state index in [0.29, 0.717) is 5.82 Å². The molecular weight excluding hydrogens is 380 g/mol. The summed E-state index contributed by atoms with van der Waals surface area (Å²) in [6, 6.07) is 6.00. The Morgan fingerprint density at radius 1 is 1.18 bits per heavy atom. The van der Waals surface area contributed by atoms with Crippen molar-refractivity contribution in [1.29, 1.82) is 0 Å². The average molecular weight is 401 g/mol. The zero-order valence-corrected chi connectivity index (χ0v) is 16.9. The molecule has 0 fully saturated rings. The molecule has 1 N–H and O–H groups in total. The SMILES string of the molecule is CCOC(=O)c1cnn(-c2cc(C)c3cc(C)cc(C)c3n2)c1NC(=O)CCl. The summed E-state index contributed by atoms with van der Waals surface area (Å²) in [6.07, 6.45) is 1.35. The van der Waals surface area contributed by atoms with Crippen LogP contribution in [0.5, 0.6) is 0 Å². The molecule has 2 heterocycles. The van der Waals surface area contributed by atoms with E-state index in [1.54, 1.807) is 6.92 Å². The molecule has 0 aliphatic heterocycles. The van der Waals surface area contributed by atoms with E-state index in [0.717, 1.165) is 27.6 Å². The minimum atomic E-state index is -0.581. The fourth-order valence-electron chi connectivity index (χ4n) is 3.10. The molecular formula is C20H21ClN4O3. The van der Waals surface area contributed by atoms with Crippen LogP contribution in [0.2, 0.25) is 0 Å². The third-order valence-corrected chi connectivity index (χ3v) is 4.55. The third-order valence-electron chi connectivity index (χ3n) is 4.30. The van der Waals surface area contributed by atoms with E-state index in [2.05, 4.69) is 22.5 Å². The van der Waals surface area contributed by atoms with Crippen molar-refractivity contribution < 1.29 is 14.3 Å². The van der Waals surface area contributed by atoms with Gasteiger partial charge in [0.05, 0.1) is 18.3 Å². The first-order valence-corrected chi connectivity index (χ1v) is 9.39. The topological polar surface area (TPSA) is 86.1 Å². The molecule has 0 saturated heterocycles. The Balaban J connectivity index is 2.20. The second-order valence-electron chi connectivity index (χ2n) is 6.50. The van der Waals surface area contributed by atoms with Gasteiger partial charge in [-0.05, 0) is 51.0 Å². The second kappa shape index (κ2) is 7.98. The number of aryl methyl sites for hydroxylation is 3.